The van der Waals surface area contributed by atoms with Crippen molar-refractivity contribution in [2.24, 2.45) is 0 Å². The molecule has 1 rings (SSSR count). The average Bonchev–Trinajstić information content (AvgIpc) is 2.45. The lowest BCUT2D eigenvalue weighted by Gasteiger charge is -2.12. The second-order valence-electron chi connectivity index (χ2n) is 3.64. The zero-order chi connectivity index (χ0) is 14.1. The Morgan fingerprint density at radius 3 is 2.74 bits per heavy atom. The first-order valence-corrected chi connectivity index (χ1v) is 5.56. The summed E-state index contributed by atoms with van der Waals surface area (Å²) in [5.74, 6) is -0.575. The topological polar surface area (TPSA) is 81.8 Å². The molecule has 0 aromatic heterocycles. The van der Waals surface area contributed by atoms with Crippen molar-refractivity contribution in [3.63, 3.8) is 0 Å². The predicted octanol–water partition coefficient (Wildman–Crippen LogP) is 1.36. The van der Waals surface area contributed by atoms with Crippen molar-refractivity contribution in [2.45, 2.75) is 12.6 Å². The van der Waals surface area contributed by atoms with Crippen molar-refractivity contribution >= 4 is 12.2 Å². The molecule has 6 heteroatoms. The van der Waals surface area contributed by atoms with Gasteiger partial charge in [-0.2, -0.15) is 9.63 Å². The fourth-order valence-corrected chi connectivity index (χ4v) is 1.36. The van der Waals surface area contributed by atoms with Gasteiger partial charge in [-0.1, -0.05) is 30.3 Å². The van der Waals surface area contributed by atoms with Crippen molar-refractivity contribution in [3.8, 4) is 0 Å². The third kappa shape index (κ3) is 5.33. The Bertz CT molecular complexity index is 455. The smallest absolute Gasteiger partial charge is 0.330 e. The number of rotatable bonds is 6. The fraction of sp³-hybridized carbons (Fsp3) is 0.231. The standard InChI is InChI=1S/C13H15NO5/c1-18-13(15)8-5-9-14(16)12(19-17)10-11-6-3-2-4-7-11/h2-9,12,17H,10H2,1H3/b8-5+,14-9-. The van der Waals surface area contributed by atoms with E-state index in [0.717, 1.165) is 17.9 Å². The Morgan fingerprint density at radius 2 is 2.16 bits per heavy atom. The summed E-state index contributed by atoms with van der Waals surface area (Å²) >= 11 is 0. The average molecular weight is 265 g/mol. The lowest BCUT2D eigenvalue weighted by Crippen LogP contribution is -2.26. The number of esters is 1. The lowest BCUT2D eigenvalue weighted by molar-refractivity contribution is -0.597. The number of nitrogens with zero attached hydrogens (tertiary/aromatic N) is 1. The van der Waals surface area contributed by atoms with Crippen molar-refractivity contribution in [1.82, 2.24) is 0 Å². The molecule has 102 valence electrons. The fourth-order valence-electron chi connectivity index (χ4n) is 1.36. The summed E-state index contributed by atoms with van der Waals surface area (Å²) in [7, 11) is 1.23. The number of hydroxylamine groups is 1. The molecular weight excluding hydrogens is 250 g/mol. The van der Waals surface area contributed by atoms with Crippen LogP contribution in [0.5, 0.6) is 0 Å². The molecule has 1 aromatic carbocycles. The van der Waals surface area contributed by atoms with Crippen molar-refractivity contribution < 1.29 is 24.4 Å². The minimum absolute atomic E-state index is 0.212. The SMILES string of the molecule is COC(=O)/C=C/C=[N+](\[O-])C(Cc1ccccc1)OO. The van der Waals surface area contributed by atoms with E-state index in [9.17, 15) is 10.0 Å². The second kappa shape index (κ2) is 8.02. The van der Waals surface area contributed by atoms with Gasteiger partial charge in [0.1, 0.15) is 0 Å². The van der Waals surface area contributed by atoms with E-state index in [2.05, 4.69) is 9.62 Å². The first-order chi connectivity index (χ1) is 9.17. The third-order valence-electron chi connectivity index (χ3n) is 2.33. The largest absolute Gasteiger partial charge is 0.622 e. The maximum Gasteiger partial charge on any atom is 0.330 e. The quantitative estimate of drug-likeness (QED) is 0.123. The molecule has 1 unspecified atom stereocenters. The number of methoxy groups -OCH3 is 1. The first-order valence-electron chi connectivity index (χ1n) is 5.56. The van der Waals surface area contributed by atoms with Crippen LogP contribution in [0.4, 0.5) is 0 Å². The highest BCUT2D eigenvalue weighted by atomic mass is 17.1. The molecule has 0 aliphatic heterocycles. The van der Waals surface area contributed by atoms with Gasteiger partial charge in [-0.25, -0.2) is 10.1 Å². The summed E-state index contributed by atoms with van der Waals surface area (Å²) in [4.78, 5) is 14.9. The summed E-state index contributed by atoms with van der Waals surface area (Å²) < 4.78 is 4.78. The van der Waals surface area contributed by atoms with Gasteiger partial charge >= 0.3 is 5.97 Å². The number of benzene rings is 1. The predicted molar refractivity (Wildman–Crippen MR) is 68.5 cm³/mol. The van der Waals surface area contributed by atoms with Gasteiger partial charge in [-0.3, -0.25) is 0 Å². The van der Waals surface area contributed by atoms with Gasteiger partial charge in [0.25, 0.3) is 6.23 Å². The van der Waals surface area contributed by atoms with Gasteiger partial charge in [-0.05, 0) is 5.56 Å². The van der Waals surface area contributed by atoms with E-state index in [1.807, 2.05) is 30.3 Å². The number of carbonyl (C=O) groups is 1. The Hall–Kier alpha value is -2.18. The normalized spacial score (nSPS) is 13.5. The number of carbonyl (C=O) groups excluding carboxylic acids is 1. The molecule has 0 spiro atoms. The van der Waals surface area contributed by atoms with Crippen LogP contribution in [0.15, 0.2) is 42.5 Å². The molecule has 0 bridgehead atoms. The molecular formula is C13H15NO5. The number of hydrogen-bond donors (Lipinski definition) is 1. The zero-order valence-corrected chi connectivity index (χ0v) is 10.4. The lowest BCUT2D eigenvalue weighted by atomic mass is 10.1. The van der Waals surface area contributed by atoms with E-state index in [0.29, 0.717) is 4.74 Å². The molecule has 6 nitrogen and oxygen atoms in total. The minimum Gasteiger partial charge on any atom is -0.622 e. The summed E-state index contributed by atoms with van der Waals surface area (Å²) in [6, 6.07) is 9.10. The molecule has 0 amide bonds. The molecule has 0 fully saturated rings. The number of ether oxygens (including phenoxy) is 1. The summed E-state index contributed by atoms with van der Waals surface area (Å²) in [5, 5.41) is 20.4. The molecule has 0 saturated heterocycles. The van der Waals surface area contributed by atoms with Crippen LogP contribution in [0.3, 0.4) is 0 Å². The molecule has 0 radical (unpaired) electrons. The van der Waals surface area contributed by atoms with Gasteiger partial charge in [-0.15, -0.1) is 0 Å². The molecule has 0 heterocycles. The van der Waals surface area contributed by atoms with Crippen LogP contribution < -0.4 is 0 Å². The molecule has 1 aromatic rings. The zero-order valence-electron chi connectivity index (χ0n) is 10.4. The van der Waals surface area contributed by atoms with Crippen LogP contribution in [-0.4, -0.2) is 35.5 Å². The summed E-state index contributed by atoms with van der Waals surface area (Å²) in [6.07, 6.45) is 2.51. The van der Waals surface area contributed by atoms with Crippen LogP contribution in [-0.2, 0) is 20.8 Å². The van der Waals surface area contributed by atoms with Gasteiger partial charge < -0.3 is 9.94 Å². The van der Waals surface area contributed by atoms with Crippen LogP contribution in [0.25, 0.3) is 0 Å². The van der Waals surface area contributed by atoms with E-state index in [1.54, 1.807) is 0 Å². The summed E-state index contributed by atoms with van der Waals surface area (Å²) in [5.41, 5.74) is 0.841. The van der Waals surface area contributed by atoms with E-state index < -0.39 is 12.2 Å². The van der Waals surface area contributed by atoms with Crippen LogP contribution >= 0.6 is 0 Å². The monoisotopic (exact) mass is 265 g/mol. The van der Waals surface area contributed by atoms with Crippen molar-refractivity contribution in [3.05, 3.63) is 53.3 Å². The Balaban J connectivity index is 2.66. The second-order valence-corrected chi connectivity index (χ2v) is 3.64. The van der Waals surface area contributed by atoms with Gasteiger partial charge in [0.2, 0.25) is 0 Å². The maximum atomic E-state index is 11.6. The number of allylic oxidation sites excluding steroid dienone is 1. The van der Waals surface area contributed by atoms with Gasteiger partial charge in [0.15, 0.2) is 6.21 Å². The van der Waals surface area contributed by atoms with Gasteiger partial charge in [0.05, 0.1) is 13.5 Å². The highest BCUT2D eigenvalue weighted by Crippen LogP contribution is 2.05. The summed E-state index contributed by atoms with van der Waals surface area (Å²) in [6.45, 7) is 0. The molecule has 0 aliphatic rings. The van der Waals surface area contributed by atoms with E-state index in [-0.39, 0.29) is 6.42 Å². The highest BCUT2D eigenvalue weighted by molar-refractivity contribution is 5.86. The first kappa shape index (κ1) is 14.9. The minimum atomic E-state index is -1.08. The molecule has 19 heavy (non-hydrogen) atoms. The van der Waals surface area contributed by atoms with Gasteiger partial charge in [0, 0.05) is 12.2 Å². The van der Waals surface area contributed by atoms with E-state index in [1.165, 1.54) is 13.2 Å². The Labute approximate surface area is 110 Å². The van der Waals surface area contributed by atoms with Crippen molar-refractivity contribution in [1.29, 1.82) is 0 Å². The van der Waals surface area contributed by atoms with Crippen LogP contribution in [0.1, 0.15) is 5.56 Å². The van der Waals surface area contributed by atoms with E-state index >= 15 is 0 Å². The molecule has 0 saturated carbocycles. The van der Waals surface area contributed by atoms with Crippen LogP contribution in [0.2, 0.25) is 0 Å². The number of hydrogen-bond acceptors (Lipinski definition) is 5. The van der Waals surface area contributed by atoms with Crippen molar-refractivity contribution in [2.75, 3.05) is 7.11 Å². The van der Waals surface area contributed by atoms with Crippen LogP contribution in [0, 0.1) is 5.21 Å². The third-order valence-corrected chi connectivity index (χ3v) is 2.33. The molecule has 1 atom stereocenters. The molecule has 0 aliphatic carbocycles. The Morgan fingerprint density at radius 1 is 1.47 bits per heavy atom. The highest BCUT2D eigenvalue weighted by Gasteiger charge is 2.16. The van der Waals surface area contributed by atoms with E-state index in [4.69, 9.17) is 5.26 Å². The molecule has 1 N–H and O–H groups in total. The maximum absolute atomic E-state index is 11.6. The Kier molecular flexibility index (Phi) is 6.28.